The summed E-state index contributed by atoms with van der Waals surface area (Å²) >= 11 is 3.44. The van der Waals surface area contributed by atoms with Gasteiger partial charge in [-0.3, -0.25) is 0 Å². The van der Waals surface area contributed by atoms with Gasteiger partial charge in [-0.25, -0.2) is 4.98 Å². The molecular formula is C12H14N2S2. The van der Waals surface area contributed by atoms with Crippen LogP contribution in [0.15, 0.2) is 40.1 Å². The lowest BCUT2D eigenvalue weighted by Crippen LogP contribution is -2.04. The fourth-order valence-corrected chi connectivity index (χ4v) is 2.80. The minimum Gasteiger partial charge on any atom is -0.324 e. The van der Waals surface area contributed by atoms with Gasteiger partial charge in [0.2, 0.25) is 0 Å². The molecule has 0 aliphatic heterocycles. The summed E-state index contributed by atoms with van der Waals surface area (Å²) in [6.45, 7) is 2.00. The van der Waals surface area contributed by atoms with Crippen LogP contribution < -0.4 is 5.73 Å². The molecule has 1 atom stereocenters. The van der Waals surface area contributed by atoms with Crippen molar-refractivity contribution in [3.8, 4) is 0 Å². The molecule has 1 heterocycles. The Hall–Kier alpha value is -0.840. The van der Waals surface area contributed by atoms with Gasteiger partial charge in [0.05, 0.1) is 11.2 Å². The van der Waals surface area contributed by atoms with E-state index in [4.69, 9.17) is 5.73 Å². The van der Waals surface area contributed by atoms with E-state index in [1.807, 2.05) is 12.4 Å². The SMILES string of the molecule is CC(N)c1ccc(SCc2cscn2)cc1. The molecule has 0 saturated carbocycles. The third-order valence-corrected chi connectivity index (χ3v) is 3.96. The molecule has 16 heavy (non-hydrogen) atoms. The highest BCUT2D eigenvalue weighted by Crippen LogP contribution is 2.23. The molecule has 84 valence electrons. The van der Waals surface area contributed by atoms with Crippen molar-refractivity contribution < 1.29 is 0 Å². The maximum Gasteiger partial charge on any atom is 0.0795 e. The molecule has 0 fully saturated rings. The first kappa shape index (κ1) is 11.6. The zero-order valence-corrected chi connectivity index (χ0v) is 10.7. The number of nitrogens with zero attached hydrogens (tertiary/aromatic N) is 1. The topological polar surface area (TPSA) is 38.9 Å². The number of benzene rings is 1. The summed E-state index contributed by atoms with van der Waals surface area (Å²) in [6.07, 6.45) is 0. The van der Waals surface area contributed by atoms with E-state index < -0.39 is 0 Å². The highest BCUT2D eigenvalue weighted by molar-refractivity contribution is 7.98. The highest BCUT2D eigenvalue weighted by atomic mass is 32.2. The van der Waals surface area contributed by atoms with Crippen molar-refractivity contribution in [1.29, 1.82) is 0 Å². The Kier molecular flexibility index (Phi) is 3.98. The second kappa shape index (κ2) is 5.48. The van der Waals surface area contributed by atoms with Crippen molar-refractivity contribution in [2.24, 2.45) is 5.73 Å². The third kappa shape index (κ3) is 3.07. The van der Waals surface area contributed by atoms with E-state index in [1.165, 1.54) is 10.5 Å². The normalized spacial score (nSPS) is 12.6. The molecular weight excluding hydrogens is 236 g/mol. The van der Waals surface area contributed by atoms with Crippen LogP contribution >= 0.6 is 23.1 Å². The summed E-state index contributed by atoms with van der Waals surface area (Å²) in [5.41, 5.74) is 9.99. The van der Waals surface area contributed by atoms with Gasteiger partial charge in [0.1, 0.15) is 0 Å². The number of rotatable bonds is 4. The van der Waals surface area contributed by atoms with Crippen molar-refractivity contribution in [1.82, 2.24) is 4.98 Å². The first-order chi connectivity index (χ1) is 7.75. The summed E-state index contributed by atoms with van der Waals surface area (Å²) in [5, 5.41) is 2.09. The molecule has 2 nitrogen and oxygen atoms in total. The maximum atomic E-state index is 5.80. The number of aromatic nitrogens is 1. The van der Waals surface area contributed by atoms with Crippen molar-refractivity contribution in [3.05, 3.63) is 46.4 Å². The van der Waals surface area contributed by atoms with Crippen LogP contribution in [0.4, 0.5) is 0 Å². The van der Waals surface area contributed by atoms with Crippen molar-refractivity contribution in [2.75, 3.05) is 0 Å². The second-order valence-corrected chi connectivity index (χ2v) is 5.39. The van der Waals surface area contributed by atoms with Gasteiger partial charge < -0.3 is 5.73 Å². The van der Waals surface area contributed by atoms with Gasteiger partial charge >= 0.3 is 0 Å². The van der Waals surface area contributed by atoms with Crippen LogP contribution in [-0.4, -0.2) is 4.98 Å². The Morgan fingerprint density at radius 1 is 1.38 bits per heavy atom. The highest BCUT2D eigenvalue weighted by Gasteiger charge is 2.00. The second-order valence-electron chi connectivity index (χ2n) is 3.63. The van der Waals surface area contributed by atoms with Gasteiger partial charge in [-0.05, 0) is 24.6 Å². The van der Waals surface area contributed by atoms with Gasteiger partial charge in [-0.15, -0.1) is 23.1 Å². The molecule has 0 bridgehead atoms. The predicted molar refractivity (Wildman–Crippen MR) is 70.7 cm³/mol. The van der Waals surface area contributed by atoms with Crippen LogP contribution in [0.25, 0.3) is 0 Å². The largest absolute Gasteiger partial charge is 0.324 e. The average Bonchev–Trinajstić information content (AvgIpc) is 2.80. The van der Waals surface area contributed by atoms with E-state index in [0.29, 0.717) is 0 Å². The first-order valence-electron chi connectivity index (χ1n) is 5.11. The van der Waals surface area contributed by atoms with E-state index >= 15 is 0 Å². The zero-order chi connectivity index (χ0) is 11.4. The Morgan fingerprint density at radius 2 is 2.12 bits per heavy atom. The van der Waals surface area contributed by atoms with Gasteiger partial charge in [0.15, 0.2) is 0 Å². The number of thiazole rings is 1. The Morgan fingerprint density at radius 3 is 2.69 bits per heavy atom. The number of thioether (sulfide) groups is 1. The standard InChI is InChI=1S/C12H14N2S2/c1-9(13)10-2-4-12(5-3-10)16-7-11-6-15-8-14-11/h2-6,8-9H,7,13H2,1H3. The van der Waals surface area contributed by atoms with Crippen LogP contribution in [0.2, 0.25) is 0 Å². The van der Waals surface area contributed by atoms with E-state index in [1.54, 1.807) is 23.1 Å². The molecule has 1 aromatic carbocycles. The molecule has 2 rings (SSSR count). The molecule has 0 radical (unpaired) electrons. The molecule has 1 unspecified atom stereocenters. The van der Waals surface area contributed by atoms with Gasteiger partial charge in [-0.1, -0.05) is 12.1 Å². The monoisotopic (exact) mass is 250 g/mol. The maximum absolute atomic E-state index is 5.80. The minimum atomic E-state index is 0.109. The van der Waals surface area contributed by atoms with Crippen LogP contribution in [0.3, 0.4) is 0 Å². The van der Waals surface area contributed by atoms with Crippen LogP contribution in [0.5, 0.6) is 0 Å². The molecule has 4 heteroatoms. The Balaban J connectivity index is 1.95. The van der Waals surface area contributed by atoms with Crippen LogP contribution in [0.1, 0.15) is 24.2 Å². The molecule has 2 aromatic rings. The van der Waals surface area contributed by atoms with Crippen molar-refractivity contribution in [2.45, 2.75) is 23.6 Å². The van der Waals surface area contributed by atoms with Gasteiger partial charge in [0, 0.05) is 22.1 Å². The summed E-state index contributed by atoms with van der Waals surface area (Å²) < 4.78 is 0. The van der Waals surface area contributed by atoms with Gasteiger partial charge in [0.25, 0.3) is 0 Å². The molecule has 0 saturated heterocycles. The number of hydrogen-bond acceptors (Lipinski definition) is 4. The number of nitrogens with two attached hydrogens (primary N) is 1. The number of hydrogen-bond donors (Lipinski definition) is 1. The zero-order valence-electron chi connectivity index (χ0n) is 9.09. The lowest BCUT2D eigenvalue weighted by atomic mass is 10.1. The van der Waals surface area contributed by atoms with Crippen molar-refractivity contribution >= 4 is 23.1 Å². The fraction of sp³-hybridized carbons (Fsp3) is 0.250. The van der Waals surface area contributed by atoms with E-state index in [2.05, 4.69) is 34.6 Å². The fourth-order valence-electron chi connectivity index (χ4n) is 1.33. The minimum absolute atomic E-state index is 0.109. The molecule has 2 N–H and O–H groups in total. The predicted octanol–water partition coefficient (Wildman–Crippen LogP) is 3.46. The smallest absolute Gasteiger partial charge is 0.0795 e. The van der Waals surface area contributed by atoms with Crippen molar-refractivity contribution in [3.63, 3.8) is 0 Å². The molecule has 0 aliphatic rings. The Labute approximate surface area is 104 Å². The lowest BCUT2D eigenvalue weighted by molar-refractivity contribution is 0.817. The molecule has 0 spiro atoms. The first-order valence-corrected chi connectivity index (χ1v) is 7.04. The van der Waals surface area contributed by atoms with E-state index in [-0.39, 0.29) is 6.04 Å². The van der Waals surface area contributed by atoms with Crippen LogP contribution in [-0.2, 0) is 5.75 Å². The summed E-state index contributed by atoms with van der Waals surface area (Å²) in [7, 11) is 0. The van der Waals surface area contributed by atoms with Crippen LogP contribution in [0, 0.1) is 0 Å². The Bertz CT molecular complexity index is 421. The summed E-state index contributed by atoms with van der Waals surface area (Å²) in [6, 6.07) is 8.53. The quantitative estimate of drug-likeness (QED) is 0.845. The third-order valence-electron chi connectivity index (χ3n) is 2.28. The van der Waals surface area contributed by atoms with E-state index in [0.717, 1.165) is 11.4 Å². The molecule has 0 aliphatic carbocycles. The molecule has 0 amide bonds. The average molecular weight is 250 g/mol. The summed E-state index contributed by atoms with van der Waals surface area (Å²) in [4.78, 5) is 5.52. The van der Waals surface area contributed by atoms with E-state index in [9.17, 15) is 0 Å². The van der Waals surface area contributed by atoms with Gasteiger partial charge in [-0.2, -0.15) is 0 Å². The molecule has 1 aromatic heterocycles. The lowest BCUT2D eigenvalue weighted by Gasteiger charge is -2.06. The summed E-state index contributed by atoms with van der Waals surface area (Å²) in [5.74, 6) is 0.932.